The van der Waals surface area contributed by atoms with Gasteiger partial charge in [-0.2, -0.15) is 5.26 Å². The molecule has 0 radical (unpaired) electrons. The lowest BCUT2D eigenvalue weighted by Gasteiger charge is -2.24. The van der Waals surface area contributed by atoms with E-state index < -0.39 is 0 Å². The number of nitriles is 1. The summed E-state index contributed by atoms with van der Waals surface area (Å²) in [6.45, 7) is 4.35. The minimum Gasteiger partial charge on any atom is -0.455 e. The lowest BCUT2D eigenvalue weighted by molar-refractivity contribution is 0.441. The third-order valence-corrected chi connectivity index (χ3v) is 6.54. The van der Waals surface area contributed by atoms with Gasteiger partial charge in [-0.05, 0) is 54.5 Å². The molecule has 2 aromatic heterocycles. The number of nitrogens with zero attached hydrogens (tertiary/aromatic N) is 2. The van der Waals surface area contributed by atoms with Gasteiger partial charge in [0.05, 0.1) is 17.3 Å². The van der Waals surface area contributed by atoms with Gasteiger partial charge in [0.15, 0.2) is 0 Å². The van der Waals surface area contributed by atoms with Crippen molar-refractivity contribution < 1.29 is 4.42 Å². The highest BCUT2D eigenvalue weighted by Crippen LogP contribution is 2.45. The molecule has 0 N–H and O–H groups in total. The number of benzene rings is 2. The minimum absolute atomic E-state index is 0.287. The molecule has 2 heterocycles. The summed E-state index contributed by atoms with van der Waals surface area (Å²) in [7, 11) is 0. The second-order valence-corrected chi connectivity index (χ2v) is 8.73. The van der Waals surface area contributed by atoms with Crippen molar-refractivity contribution in [1.29, 1.82) is 5.26 Å². The number of hydrogen-bond donors (Lipinski definition) is 0. The van der Waals surface area contributed by atoms with Crippen molar-refractivity contribution >= 4 is 21.9 Å². The molecule has 30 heavy (non-hydrogen) atoms. The van der Waals surface area contributed by atoms with Crippen molar-refractivity contribution in [2.75, 3.05) is 0 Å². The first-order valence-corrected chi connectivity index (χ1v) is 11.0. The molecule has 0 bridgehead atoms. The fourth-order valence-corrected chi connectivity index (χ4v) is 5.06. The van der Waals surface area contributed by atoms with E-state index in [9.17, 15) is 5.26 Å². The van der Waals surface area contributed by atoms with Gasteiger partial charge in [-0.1, -0.05) is 51.3 Å². The van der Waals surface area contributed by atoms with E-state index in [1.807, 2.05) is 24.4 Å². The second kappa shape index (κ2) is 7.61. The average molecular weight is 395 g/mol. The van der Waals surface area contributed by atoms with E-state index in [2.05, 4.69) is 49.2 Å². The Kier molecular flexibility index (Phi) is 4.79. The number of pyridine rings is 1. The van der Waals surface area contributed by atoms with Crippen LogP contribution in [0.5, 0.6) is 0 Å². The van der Waals surface area contributed by atoms with Gasteiger partial charge in [0, 0.05) is 28.1 Å². The molecule has 2 aromatic carbocycles. The molecule has 3 nitrogen and oxygen atoms in total. The van der Waals surface area contributed by atoms with Gasteiger partial charge in [-0.3, -0.25) is 4.98 Å². The summed E-state index contributed by atoms with van der Waals surface area (Å²) in [5.74, 6) is 0.684. The Morgan fingerprint density at radius 3 is 2.53 bits per heavy atom. The molecule has 3 heteroatoms. The summed E-state index contributed by atoms with van der Waals surface area (Å²) >= 11 is 0. The predicted octanol–water partition coefficient (Wildman–Crippen LogP) is 7.69. The van der Waals surface area contributed by atoms with Crippen LogP contribution >= 0.6 is 0 Å². The van der Waals surface area contributed by atoms with Crippen LogP contribution in [0.1, 0.15) is 74.5 Å². The van der Waals surface area contributed by atoms with Crippen LogP contribution in [0.3, 0.4) is 0 Å². The van der Waals surface area contributed by atoms with Crippen LogP contribution < -0.4 is 0 Å². The quantitative estimate of drug-likeness (QED) is 0.358. The Morgan fingerprint density at radius 1 is 1.00 bits per heavy atom. The van der Waals surface area contributed by atoms with Crippen LogP contribution in [0, 0.1) is 11.3 Å². The number of fused-ring (bicyclic) bond motifs is 3. The average Bonchev–Trinajstić information content (AvgIpc) is 3.17. The second-order valence-electron chi connectivity index (χ2n) is 8.73. The van der Waals surface area contributed by atoms with Crippen molar-refractivity contribution in [2.24, 2.45) is 0 Å². The van der Waals surface area contributed by atoms with Gasteiger partial charge in [-0.15, -0.1) is 0 Å². The van der Waals surface area contributed by atoms with Crippen molar-refractivity contribution in [3.63, 3.8) is 0 Å². The first-order chi connectivity index (χ1) is 14.7. The maximum atomic E-state index is 10.1. The normalized spacial score (nSPS) is 15.1. The Balaban J connectivity index is 1.87. The monoisotopic (exact) mass is 394 g/mol. The number of hydrogen-bond acceptors (Lipinski definition) is 3. The van der Waals surface area contributed by atoms with Gasteiger partial charge < -0.3 is 4.42 Å². The van der Waals surface area contributed by atoms with Crippen LogP contribution in [0.25, 0.3) is 33.2 Å². The highest BCUT2D eigenvalue weighted by atomic mass is 16.3. The van der Waals surface area contributed by atoms with Crippen molar-refractivity contribution in [1.82, 2.24) is 4.98 Å². The smallest absolute Gasteiger partial charge is 0.144 e. The standard InChI is InChI=1S/C27H26N2O/c1-17(2)21-15-22-19-11-8-12-20(24-13-6-7-14-29-24)26(19)30-27(22)25(23(21)16-28)18-9-4-3-5-10-18/h6-8,11-15,17-18H,3-5,9-10H2,1-2H3. The van der Waals surface area contributed by atoms with E-state index in [1.54, 1.807) is 0 Å². The highest BCUT2D eigenvalue weighted by molar-refractivity contribution is 6.11. The molecule has 0 unspecified atom stereocenters. The molecule has 1 aliphatic rings. The van der Waals surface area contributed by atoms with Gasteiger partial charge >= 0.3 is 0 Å². The molecular formula is C27H26N2O. The van der Waals surface area contributed by atoms with Crippen LogP contribution in [0.2, 0.25) is 0 Å². The highest BCUT2D eigenvalue weighted by Gasteiger charge is 2.27. The third kappa shape index (κ3) is 2.99. The predicted molar refractivity (Wildman–Crippen MR) is 122 cm³/mol. The molecule has 0 aliphatic heterocycles. The molecule has 1 fully saturated rings. The molecule has 0 saturated heterocycles. The van der Waals surface area contributed by atoms with E-state index in [-0.39, 0.29) is 5.92 Å². The molecule has 4 aromatic rings. The molecule has 1 aliphatic carbocycles. The number of rotatable bonds is 3. The molecule has 150 valence electrons. The van der Waals surface area contributed by atoms with E-state index in [0.29, 0.717) is 5.92 Å². The first kappa shape index (κ1) is 18.9. The fourth-order valence-electron chi connectivity index (χ4n) is 5.06. The summed E-state index contributed by atoms with van der Waals surface area (Å²) in [6.07, 6.45) is 7.82. The number of para-hydroxylation sites is 1. The maximum absolute atomic E-state index is 10.1. The first-order valence-electron chi connectivity index (χ1n) is 11.0. The summed E-state index contributed by atoms with van der Waals surface area (Å²) in [4.78, 5) is 4.55. The lowest BCUT2D eigenvalue weighted by Crippen LogP contribution is -2.09. The lowest BCUT2D eigenvalue weighted by atomic mass is 9.79. The molecule has 5 rings (SSSR count). The zero-order valence-corrected chi connectivity index (χ0v) is 17.6. The van der Waals surface area contributed by atoms with Gasteiger partial charge in [0.2, 0.25) is 0 Å². The molecule has 0 amide bonds. The molecule has 1 saturated carbocycles. The van der Waals surface area contributed by atoms with E-state index >= 15 is 0 Å². The summed E-state index contributed by atoms with van der Waals surface area (Å²) in [6, 6.07) is 17.0. The number of furan rings is 1. The minimum atomic E-state index is 0.287. The Morgan fingerprint density at radius 2 is 1.83 bits per heavy atom. The largest absolute Gasteiger partial charge is 0.455 e. The summed E-state index contributed by atoms with van der Waals surface area (Å²) in [5.41, 5.74) is 6.80. The van der Waals surface area contributed by atoms with Crippen LogP contribution in [-0.4, -0.2) is 4.98 Å². The van der Waals surface area contributed by atoms with Crippen molar-refractivity contribution in [2.45, 2.75) is 57.8 Å². The zero-order valence-electron chi connectivity index (χ0n) is 17.6. The topological polar surface area (TPSA) is 49.8 Å². The Labute approximate surface area is 177 Å². The van der Waals surface area contributed by atoms with Gasteiger partial charge in [0.25, 0.3) is 0 Å². The molecular weight excluding hydrogens is 368 g/mol. The Hall–Kier alpha value is -3.12. The molecule has 0 atom stereocenters. The van der Waals surface area contributed by atoms with E-state index in [1.165, 1.54) is 19.3 Å². The Bertz CT molecular complexity index is 1260. The van der Waals surface area contributed by atoms with E-state index in [4.69, 9.17) is 4.42 Å². The fraction of sp³-hybridized carbons (Fsp3) is 0.333. The summed E-state index contributed by atoms with van der Waals surface area (Å²) in [5, 5.41) is 12.4. The zero-order chi connectivity index (χ0) is 20.7. The summed E-state index contributed by atoms with van der Waals surface area (Å²) < 4.78 is 6.61. The SMILES string of the molecule is CC(C)c1cc2c(oc3c(-c4ccccn4)cccc32)c(C2CCCCC2)c1C#N. The van der Waals surface area contributed by atoms with Crippen LogP contribution in [0.4, 0.5) is 0 Å². The van der Waals surface area contributed by atoms with Crippen LogP contribution in [0.15, 0.2) is 53.1 Å². The maximum Gasteiger partial charge on any atom is 0.144 e. The van der Waals surface area contributed by atoms with Crippen molar-refractivity contribution in [3.8, 4) is 17.3 Å². The third-order valence-electron chi connectivity index (χ3n) is 6.54. The van der Waals surface area contributed by atoms with Crippen LogP contribution in [-0.2, 0) is 0 Å². The van der Waals surface area contributed by atoms with E-state index in [0.717, 1.165) is 62.7 Å². The van der Waals surface area contributed by atoms with Crippen molar-refractivity contribution in [3.05, 3.63) is 65.4 Å². The number of aromatic nitrogens is 1. The van der Waals surface area contributed by atoms with Gasteiger partial charge in [0.1, 0.15) is 11.2 Å². The molecule has 0 spiro atoms. The van der Waals surface area contributed by atoms with Gasteiger partial charge in [-0.25, -0.2) is 0 Å².